The molecule has 0 bridgehead atoms. The molecule has 0 aliphatic rings. The highest BCUT2D eigenvalue weighted by molar-refractivity contribution is 5.80. The molecule has 21 heavy (non-hydrogen) atoms. The fourth-order valence-corrected chi connectivity index (χ4v) is 2.18. The first-order chi connectivity index (χ1) is 9.86. The molecular weight excluding hydrogens is 278 g/mol. The Morgan fingerprint density at radius 2 is 1.95 bits per heavy atom. The van der Waals surface area contributed by atoms with Crippen LogP contribution in [0.2, 0.25) is 0 Å². The lowest BCUT2D eigenvalue weighted by molar-refractivity contribution is -0.144. The van der Waals surface area contributed by atoms with Crippen molar-refractivity contribution < 1.29 is 18.7 Å². The van der Waals surface area contributed by atoms with Crippen LogP contribution >= 0.6 is 0 Å². The monoisotopic (exact) mass is 300 g/mol. The van der Waals surface area contributed by atoms with Gasteiger partial charge in [-0.3, -0.25) is 5.32 Å². The number of benzene rings is 1. The first kappa shape index (κ1) is 17.5. The van der Waals surface area contributed by atoms with Crippen LogP contribution in [0.15, 0.2) is 18.2 Å². The Labute approximate surface area is 123 Å². The quantitative estimate of drug-likeness (QED) is 0.773. The molecule has 0 aromatic heterocycles. The van der Waals surface area contributed by atoms with E-state index in [0.717, 1.165) is 19.2 Å². The van der Waals surface area contributed by atoms with E-state index in [0.29, 0.717) is 13.1 Å². The van der Waals surface area contributed by atoms with Gasteiger partial charge in [-0.15, -0.1) is 0 Å². The maximum Gasteiger partial charge on any atom is 0.328 e. The number of aliphatic carboxylic acids is 1. The topological polar surface area (TPSA) is 52.6 Å². The van der Waals surface area contributed by atoms with Gasteiger partial charge in [-0.05, 0) is 26.1 Å². The second-order valence-electron chi connectivity index (χ2n) is 4.99. The standard InChI is InChI=1S/C15H22F2N2O2/c1-4-19(5-2)10-9-18-15(3,14(20)21)11-7-6-8-12(16)13(11)17/h6-8,18H,4-5,9-10H2,1-3H3,(H,20,21). The lowest BCUT2D eigenvalue weighted by Crippen LogP contribution is -2.49. The summed E-state index contributed by atoms with van der Waals surface area (Å²) in [5.74, 6) is -3.42. The highest BCUT2D eigenvalue weighted by Gasteiger charge is 2.37. The third kappa shape index (κ3) is 3.98. The summed E-state index contributed by atoms with van der Waals surface area (Å²) in [5, 5.41) is 12.2. The van der Waals surface area contributed by atoms with Crippen molar-refractivity contribution in [2.45, 2.75) is 26.3 Å². The molecule has 2 N–H and O–H groups in total. The number of nitrogens with zero attached hydrogens (tertiary/aromatic N) is 1. The van der Waals surface area contributed by atoms with Crippen LogP contribution in [0.3, 0.4) is 0 Å². The maximum atomic E-state index is 13.9. The molecule has 1 atom stereocenters. The normalized spacial score (nSPS) is 14.2. The minimum atomic E-state index is -1.67. The van der Waals surface area contributed by atoms with Crippen LogP contribution in [0.4, 0.5) is 8.78 Å². The van der Waals surface area contributed by atoms with Gasteiger partial charge in [0.15, 0.2) is 11.6 Å². The Morgan fingerprint density at radius 1 is 1.33 bits per heavy atom. The molecule has 0 spiro atoms. The van der Waals surface area contributed by atoms with E-state index in [2.05, 4.69) is 10.2 Å². The summed E-state index contributed by atoms with van der Waals surface area (Å²) in [6.45, 7) is 8.04. The second kappa shape index (κ2) is 7.47. The fraction of sp³-hybridized carbons (Fsp3) is 0.533. The Balaban J connectivity index is 2.94. The van der Waals surface area contributed by atoms with Crippen LogP contribution in [0, 0.1) is 11.6 Å². The van der Waals surface area contributed by atoms with Gasteiger partial charge in [0.2, 0.25) is 0 Å². The molecule has 1 aromatic carbocycles. The van der Waals surface area contributed by atoms with E-state index in [1.165, 1.54) is 19.1 Å². The zero-order chi connectivity index (χ0) is 16.0. The summed E-state index contributed by atoms with van der Waals surface area (Å²) in [6, 6.07) is 3.56. The van der Waals surface area contributed by atoms with Crippen molar-refractivity contribution >= 4 is 5.97 Å². The van der Waals surface area contributed by atoms with Crippen molar-refractivity contribution in [1.29, 1.82) is 0 Å². The number of likely N-dealkylation sites (N-methyl/N-ethyl adjacent to an activating group) is 1. The average Bonchev–Trinajstić information content (AvgIpc) is 2.46. The molecule has 1 rings (SSSR count). The van der Waals surface area contributed by atoms with E-state index in [1.54, 1.807) is 0 Å². The molecule has 1 unspecified atom stereocenters. The minimum absolute atomic E-state index is 0.199. The molecule has 0 saturated heterocycles. The van der Waals surface area contributed by atoms with Crippen molar-refractivity contribution in [2.24, 2.45) is 0 Å². The van der Waals surface area contributed by atoms with Crippen LogP contribution in [0.25, 0.3) is 0 Å². The molecular formula is C15H22F2N2O2. The molecule has 0 saturated carbocycles. The second-order valence-corrected chi connectivity index (χ2v) is 4.99. The summed E-state index contributed by atoms with van der Waals surface area (Å²) >= 11 is 0. The van der Waals surface area contributed by atoms with Gasteiger partial charge in [0.25, 0.3) is 0 Å². The number of nitrogens with one attached hydrogen (secondary N) is 1. The molecule has 0 amide bonds. The summed E-state index contributed by atoms with van der Waals surface area (Å²) in [4.78, 5) is 13.6. The largest absolute Gasteiger partial charge is 0.480 e. The van der Waals surface area contributed by atoms with E-state index < -0.39 is 23.1 Å². The predicted octanol–water partition coefficient (Wildman–Crippen LogP) is 2.20. The van der Waals surface area contributed by atoms with Crippen molar-refractivity contribution in [3.8, 4) is 0 Å². The predicted molar refractivity (Wildman–Crippen MR) is 77.1 cm³/mol. The fourth-order valence-electron chi connectivity index (χ4n) is 2.18. The molecule has 4 nitrogen and oxygen atoms in total. The van der Waals surface area contributed by atoms with Crippen molar-refractivity contribution in [3.63, 3.8) is 0 Å². The highest BCUT2D eigenvalue weighted by Crippen LogP contribution is 2.25. The number of rotatable bonds is 8. The molecule has 0 radical (unpaired) electrons. The molecule has 0 aliphatic carbocycles. The van der Waals surface area contributed by atoms with Crippen LogP contribution in [-0.2, 0) is 10.3 Å². The molecule has 6 heteroatoms. The summed E-state index contributed by atoms with van der Waals surface area (Å²) in [6.07, 6.45) is 0. The number of carbonyl (C=O) groups is 1. The Hall–Kier alpha value is -1.53. The van der Waals surface area contributed by atoms with Crippen LogP contribution in [-0.4, -0.2) is 42.2 Å². The first-order valence-electron chi connectivity index (χ1n) is 7.02. The number of carboxylic acids is 1. The van der Waals surface area contributed by atoms with Gasteiger partial charge in [0.1, 0.15) is 5.54 Å². The molecule has 1 aromatic rings. The SMILES string of the molecule is CCN(CC)CCNC(C)(C(=O)O)c1cccc(F)c1F. The van der Waals surface area contributed by atoms with Crippen molar-refractivity contribution in [2.75, 3.05) is 26.2 Å². The van der Waals surface area contributed by atoms with Gasteiger partial charge in [0, 0.05) is 18.7 Å². The summed E-state index contributed by atoms with van der Waals surface area (Å²) in [7, 11) is 0. The Morgan fingerprint density at radius 3 is 2.48 bits per heavy atom. The zero-order valence-electron chi connectivity index (χ0n) is 12.6. The van der Waals surface area contributed by atoms with Gasteiger partial charge in [0.05, 0.1) is 0 Å². The third-order valence-electron chi connectivity index (χ3n) is 3.72. The van der Waals surface area contributed by atoms with Crippen LogP contribution in [0.1, 0.15) is 26.3 Å². The molecule has 0 aliphatic heterocycles. The van der Waals surface area contributed by atoms with Crippen LogP contribution in [0.5, 0.6) is 0 Å². The van der Waals surface area contributed by atoms with Gasteiger partial charge in [-0.25, -0.2) is 13.6 Å². The number of hydrogen-bond donors (Lipinski definition) is 2. The lowest BCUT2D eigenvalue weighted by atomic mass is 9.91. The van der Waals surface area contributed by atoms with Gasteiger partial charge in [-0.2, -0.15) is 0 Å². The van der Waals surface area contributed by atoms with E-state index in [9.17, 15) is 18.7 Å². The number of hydrogen-bond acceptors (Lipinski definition) is 3. The van der Waals surface area contributed by atoms with E-state index in [4.69, 9.17) is 0 Å². The van der Waals surface area contributed by atoms with Crippen LogP contribution < -0.4 is 5.32 Å². The highest BCUT2D eigenvalue weighted by atomic mass is 19.2. The van der Waals surface area contributed by atoms with Gasteiger partial charge >= 0.3 is 5.97 Å². The molecule has 118 valence electrons. The molecule has 0 heterocycles. The van der Waals surface area contributed by atoms with E-state index >= 15 is 0 Å². The van der Waals surface area contributed by atoms with Gasteiger partial charge in [-0.1, -0.05) is 26.0 Å². The smallest absolute Gasteiger partial charge is 0.328 e. The number of carboxylic acid groups (broad SMARTS) is 1. The Bertz CT molecular complexity index is 493. The lowest BCUT2D eigenvalue weighted by Gasteiger charge is -2.29. The minimum Gasteiger partial charge on any atom is -0.480 e. The van der Waals surface area contributed by atoms with E-state index in [-0.39, 0.29) is 5.56 Å². The zero-order valence-corrected chi connectivity index (χ0v) is 12.6. The molecule has 0 fully saturated rings. The van der Waals surface area contributed by atoms with Crippen molar-refractivity contribution in [3.05, 3.63) is 35.4 Å². The van der Waals surface area contributed by atoms with E-state index in [1.807, 2.05) is 13.8 Å². The van der Waals surface area contributed by atoms with Crippen molar-refractivity contribution in [1.82, 2.24) is 10.2 Å². The van der Waals surface area contributed by atoms with Gasteiger partial charge < -0.3 is 10.0 Å². The summed E-state index contributed by atoms with van der Waals surface area (Å²) in [5.41, 5.74) is -1.87. The third-order valence-corrected chi connectivity index (χ3v) is 3.72. The number of halogens is 2. The first-order valence-corrected chi connectivity index (χ1v) is 7.02. The maximum absolute atomic E-state index is 13.9. The Kier molecular flexibility index (Phi) is 6.23. The summed E-state index contributed by atoms with van der Waals surface area (Å²) < 4.78 is 27.2. The average molecular weight is 300 g/mol.